The zero-order chi connectivity index (χ0) is 38.5. The third kappa shape index (κ3) is 4.67. The second kappa shape index (κ2) is 12.7. The summed E-state index contributed by atoms with van der Waals surface area (Å²) in [6, 6.07) is 36.1. The Bertz CT molecular complexity index is 2870. The van der Waals surface area contributed by atoms with Crippen LogP contribution in [0.3, 0.4) is 0 Å². The second-order valence-corrected chi connectivity index (χ2v) is 15.5. The average Bonchev–Trinajstić information content (AvgIpc) is 3.76. The van der Waals surface area contributed by atoms with Crippen molar-refractivity contribution in [2.75, 3.05) is 4.90 Å². The largest absolute Gasteiger partial charge is 0.312 e. The molecule has 0 aromatic heterocycles. The molecule has 0 fully saturated rings. The zero-order valence-corrected chi connectivity index (χ0v) is 32.7. The Morgan fingerprint density at radius 3 is 1.96 bits per heavy atom. The van der Waals surface area contributed by atoms with Gasteiger partial charge >= 0.3 is 0 Å². The van der Waals surface area contributed by atoms with Gasteiger partial charge in [0.15, 0.2) is 5.78 Å². The molecule has 8 heteroatoms. The van der Waals surface area contributed by atoms with E-state index in [1.54, 1.807) is 6.08 Å². The van der Waals surface area contributed by atoms with E-state index < -0.39 is 11.2 Å². The number of ketones is 1. The first kappa shape index (κ1) is 35.1. The third-order valence-corrected chi connectivity index (χ3v) is 12.9. The Morgan fingerprint density at radius 2 is 1.35 bits per heavy atom. The van der Waals surface area contributed by atoms with Crippen molar-refractivity contribution < 1.29 is 4.79 Å². The van der Waals surface area contributed by atoms with Crippen molar-refractivity contribution in [1.82, 2.24) is 0 Å². The minimum absolute atomic E-state index is 0.00571. The number of Topliss-reactive ketones (excluding diaryl/α,β-unsaturated/α-hetero) is 1. The minimum Gasteiger partial charge on any atom is -0.312 e. The molecule has 9 rings (SSSR count). The van der Waals surface area contributed by atoms with Crippen molar-refractivity contribution in [3.05, 3.63) is 202 Å². The molecule has 6 aromatic carbocycles. The summed E-state index contributed by atoms with van der Waals surface area (Å²) in [5, 5.41) is 12.2. The minimum atomic E-state index is -0.859. The Balaban J connectivity index is 1.47. The maximum Gasteiger partial charge on any atom is 0.270 e. The Morgan fingerprint density at radius 1 is 0.764 bits per heavy atom. The van der Waals surface area contributed by atoms with Crippen LogP contribution in [0.1, 0.15) is 49.3 Å². The number of aryl methyl sites for hydroxylation is 3. The van der Waals surface area contributed by atoms with Gasteiger partial charge in [-0.15, -0.1) is 0 Å². The van der Waals surface area contributed by atoms with E-state index in [1.165, 1.54) is 0 Å². The summed E-state index contributed by atoms with van der Waals surface area (Å²) in [5.74, 6) is -0.514. The lowest BCUT2D eigenvalue weighted by molar-refractivity contribution is 0.104. The molecule has 2 aliphatic carbocycles. The Labute approximate surface area is 338 Å². The summed E-state index contributed by atoms with van der Waals surface area (Å²) in [6.45, 7) is 14.3. The van der Waals surface area contributed by atoms with Crippen molar-refractivity contribution >= 4 is 79.9 Å². The first-order valence-electron chi connectivity index (χ1n) is 17.5. The van der Waals surface area contributed by atoms with Gasteiger partial charge in [0.05, 0.1) is 55.1 Å². The fourth-order valence-corrected chi connectivity index (χ4v) is 10.2. The number of carbonyl (C=O) groups excluding carboxylic acids is 1. The van der Waals surface area contributed by atoms with Gasteiger partial charge in [-0.25, -0.2) is 10.1 Å². The molecular formula is C47H27Cl4N3O. The number of hydrogen-bond acceptors (Lipinski definition) is 3. The van der Waals surface area contributed by atoms with E-state index in [-0.39, 0.29) is 48.1 Å². The monoisotopic (exact) mass is 789 g/mol. The number of allylic oxidation sites excluding steroid dienone is 6. The first-order valence-corrected chi connectivity index (χ1v) is 19.0. The normalized spacial score (nSPS) is 17.0. The van der Waals surface area contributed by atoms with E-state index >= 15 is 0 Å². The lowest BCUT2D eigenvalue weighted by Gasteiger charge is -2.34. The number of benzene rings is 6. The lowest BCUT2D eigenvalue weighted by atomic mass is 9.70. The Kier molecular flexibility index (Phi) is 8.14. The van der Waals surface area contributed by atoms with Crippen molar-refractivity contribution in [2.45, 2.75) is 26.2 Å². The summed E-state index contributed by atoms with van der Waals surface area (Å²) >= 11 is 26.5. The predicted octanol–water partition coefficient (Wildman–Crippen LogP) is 13.7. The number of anilines is 2. The molecule has 0 unspecified atom stereocenters. The summed E-state index contributed by atoms with van der Waals surface area (Å²) in [6.07, 6.45) is 3.67. The van der Waals surface area contributed by atoms with Crippen molar-refractivity contribution in [1.29, 1.82) is 5.26 Å². The summed E-state index contributed by atoms with van der Waals surface area (Å²) < 4.78 is 0. The summed E-state index contributed by atoms with van der Waals surface area (Å²) in [7, 11) is 0. The molecule has 1 aliphatic heterocycles. The van der Waals surface area contributed by atoms with Crippen LogP contribution in [0.5, 0.6) is 0 Å². The average molecular weight is 792 g/mol. The van der Waals surface area contributed by atoms with Crippen molar-refractivity contribution in [3.8, 4) is 17.2 Å². The van der Waals surface area contributed by atoms with Crippen LogP contribution in [-0.2, 0) is 5.41 Å². The standard InChI is InChI=1S/C47H27Cl4N3O/c1-24-21-25(2)45(26(3)22-24)54-35-19-17-27-11-5-6-12-28(27)40(35)47(32-15-9-7-13-29(32)30-14-8-10-16-33(30)47)36(54)20-18-31-37(34(23-52)53-4)38-39(46(31)55)42(49)44(51)43(50)41(38)48/h5-22H,1-3H3/b31-18+,36-20+,37-34+. The van der Waals surface area contributed by atoms with Crippen LogP contribution < -0.4 is 4.90 Å². The fourth-order valence-electron chi connectivity index (χ4n) is 9.18. The number of fused-ring (bicyclic) bond motifs is 10. The quantitative estimate of drug-likeness (QED) is 0.0577. The number of nitriles is 1. The first-order chi connectivity index (χ1) is 26.6. The van der Waals surface area contributed by atoms with E-state index in [2.05, 4.69) is 128 Å². The van der Waals surface area contributed by atoms with Gasteiger partial charge in [0.1, 0.15) is 0 Å². The molecule has 0 radical (unpaired) electrons. The van der Waals surface area contributed by atoms with E-state index in [0.717, 1.165) is 72.4 Å². The second-order valence-electron chi connectivity index (χ2n) is 14.0. The van der Waals surface area contributed by atoms with Crippen LogP contribution >= 0.6 is 46.4 Å². The molecule has 0 atom stereocenters. The summed E-state index contributed by atoms with van der Waals surface area (Å²) in [4.78, 5) is 20.4. The number of halogens is 4. The van der Waals surface area contributed by atoms with Gasteiger partial charge in [-0.2, -0.15) is 0 Å². The van der Waals surface area contributed by atoms with Crippen LogP contribution in [0.2, 0.25) is 20.1 Å². The van der Waals surface area contributed by atoms with Crippen LogP contribution in [0.25, 0.3) is 32.3 Å². The highest BCUT2D eigenvalue weighted by Gasteiger charge is 2.56. The summed E-state index contributed by atoms with van der Waals surface area (Å²) in [5.41, 5.74) is 10.9. The van der Waals surface area contributed by atoms with Gasteiger partial charge < -0.3 is 4.90 Å². The number of nitrogens with zero attached hydrogens (tertiary/aromatic N) is 3. The molecule has 0 bridgehead atoms. The molecule has 55 heavy (non-hydrogen) atoms. The number of carbonyl (C=O) groups is 1. The van der Waals surface area contributed by atoms with Crippen molar-refractivity contribution in [2.24, 2.45) is 0 Å². The molecule has 6 aromatic rings. The lowest BCUT2D eigenvalue weighted by Crippen LogP contribution is -2.30. The van der Waals surface area contributed by atoms with Gasteiger partial charge in [-0.1, -0.05) is 143 Å². The van der Waals surface area contributed by atoms with Gasteiger partial charge in [0.2, 0.25) is 0 Å². The predicted molar refractivity (Wildman–Crippen MR) is 225 cm³/mol. The van der Waals surface area contributed by atoms with E-state index in [1.807, 2.05) is 12.1 Å². The van der Waals surface area contributed by atoms with Crippen LogP contribution in [0.15, 0.2) is 126 Å². The Hall–Kier alpha value is -5.59. The smallest absolute Gasteiger partial charge is 0.270 e. The van der Waals surface area contributed by atoms with E-state index in [9.17, 15) is 10.1 Å². The van der Waals surface area contributed by atoms with E-state index in [0.29, 0.717) is 0 Å². The molecule has 4 nitrogen and oxygen atoms in total. The van der Waals surface area contributed by atoms with Crippen LogP contribution in [-0.4, -0.2) is 5.78 Å². The molecule has 0 N–H and O–H groups in total. The van der Waals surface area contributed by atoms with Crippen LogP contribution in [0.4, 0.5) is 11.4 Å². The van der Waals surface area contributed by atoms with Gasteiger partial charge in [-0.3, -0.25) is 4.79 Å². The SMILES string of the molecule is [C-]#[N+]\C(C#N)=C1/C(=C\C=C2\N(c3c(C)cc(C)cc3C)c3ccc4ccccc4c3C23c2ccccc2-c2ccccc23)C(=O)c2c(Cl)c(Cl)c(Cl)c(Cl)c21. The molecule has 0 saturated heterocycles. The molecular weight excluding hydrogens is 764 g/mol. The molecule has 1 heterocycles. The topological polar surface area (TPSA) is 48.5 Å². The van der Waals surface area contributed by atoms with Crippen LogP contribution in [0, 0.1) is 38.7 Å². The maximum atomic E-state index is 14.6. The zero-order valence-electron chi connectivity index (χ0n) is 29.7. The highest BCUT2D eigenvalue weighted by Crippen LogP contribution is 2.66. The van der Waals surface area contributed by atoms with Gasteiger partial charge in [-0.05, 0) is 83.1 Å². The molecule has 0 amide bonds. The highest BCUT2D eigenvalue weighted by molar-refractivity contribution is 6.55. The molecule has 1 spiro atoms. The molecule has 264 valence electrons. The molecule has 0 saturated carbocycles. The highest BCUT2D eigenvalue weighted by atomic mass is 35.5. The maximum absolute atomic E-state index is 14.6. The molecule has 3 aliphatic rings. The number of rotatable bonds is 2. The van der Waals surface area contributed by atoms with Gasteiger partial charge in [0, 0.05) is 28.0 Å². The van der Waals surface area contributed by atoms with E-state index in [4.69, 9.17) is 53.0 Å². The van der Waals surface area contributed by atoms with Gasteiger partial charge in [0.25, 0.3) is 5.70 Å². The number of hydrogen-bond donors (Lipinski definition) is 0. The van der Waals surface area contributed by atoms with Crippen molar-refractivity contribution in [3.63, 3.8) is 0 Å². The fraction of sp³-hybridized carbons (Fsp3) is 0.0851. The third-order valence-electron chi connectivity index (χ3n) is 11.1.